The van der Waals surface area contributed by atoms with Crippen LogP contribution in [0.4, 0.5) is 10.8 Å². The summed E-state index contributed by atoms with van der Waals surface area (Å²) in [6, 6.07) is 0. The Labute approximate surface area is 98.4 Å². The second-order valence-corrected chi connectivity index (χ2v) is 4.70. The lowest BCUT2D eigenvalue weighted by molar-refractivity contribution is -0.144. The summed E-state index contributed by atoms with van der Waals surface area (Å²) in [5, 5.41) is 1.07. The predicted octanol–water partition coefficient (Wildman–Crippen LogP) is 1.03. The van der Waals surface area contributed by atoms with E-state index in [9.17, 15) is 4.79 Å². The summed E-state index contributed by atoms with van der Waals surface area (Å²) in [7, 11) is 1.43. The zero-order valence-corrected chi connectivity index (χ0v) is 10.2. The largest absolute Gasteiger partial charge is 0.469 e. The minimum atomic E-state index is -0.127. The Bertz CT molecular complexity index is 405. The summed E-state index contributed by atoms with van der Waals surface area (Å²) >= 11 is 1.39. The molecule has 16 heavy (non-hydrogen) atoms. The quantitative estimate of drug-likeness (QED) is 0.783. The Balaban J connectivity index is 2.09. The van der Waals surface area contributed by atoms with E-state index in [2.05, 4.69) is 9.27 Å². The molecule has 1 fully saturated rings. The third-order valence-corrected chi connectivity index (χ3v) is 3.97. The molecule has 2 rings (SSSR count). The molecule has 6 heteroatoms. The van der Waals surface area contributed by atoms with Gasteiger partial charge in [0.25, 0.3) is 0 Å². The number of carbonyl (C=O) groups is 1. The number of ether oxygens (including phenoxy) is 1. The topological polar surface area (TPSA) is 68.5 Å². The summed E-state index contributed by atoms with van der Waals surface area (Å²) < 4.78 is 8.86. The highest BCUT2D eigenvalue weighted by atomic mass is 32.1. The van der Waals surface area contributed by atoms with Crippen LogP contribution in [-0.2, 0) is 9.53 Å². The number of hydrogen-bond donors (Lipinski definition) is 1. The van der Waals surface area contributed by atoms with Gasteiger partial charge in [0.1, 0.15) is 10.8 Å². The number of nitrogens with zero attached hydrogens (tertiary/aromatic N) is 2. The van der Waals surface area contributed by atoms with Gasteiger partial charge in [-0.3, -0.25) is 4.79 Å². The molecule has 0 aromatic carbocycles. The summed E-state index contributed by atoms with van der Waals surface area (Å²) in [6.45, 7) is 3.52. The van der Waals surface area contributed by atoms with Gasteiger partial charge in [-0.25, -0.2) is 0 Å². The average molecular weight is 241 g/mol. The molecule has 0 spiro atoms. The Morgan fingerprint density at radius 1 is 1.69 bits per heavy atom. The predicted molar refractivity (Wildman–Crippen MR) is 63.6 cm³/mol. The van der Waals surface area contributed by atoms with Crippen LogP contribution in [0.15, 0.2) is 0 Å². The summed E-state index contributed by atoms with van der Waals surface area (Å²) in [6.07, 6.45) is 0.837. The number of hydrogen-bond acceptors (Lipinski definition) is 6. The van der Waals surface area contributed by atoms with Crippen molar-refractivity contribution in [2.45, 2.75) is 13.3 Å². The van der Waals surface area contributed by atoms with Crippen LogP contribution in [0.5, 0.6) is 0 Å². The van der Waals surface area contributed by atoms with Crippen molar-refractivity contribution >= 4 is 28.3 Å². The monoisotopic (exact) mass is 241 g/mol. The molecule has 2 N–H and O–H groups in total. The average Bonchev–Trinajstić information content (AvgIpc) is 2.87. The van der Waals surface area contributed by atoms with Gasteiger partial charge in [-0.15, -0.1) is 0 Å². The molecule has 0 saturated carbocycles. The molecule has 0 amide bonds. The third kappa shape index (κ3) is 1.84. The summed E-state index contributed by atoms with van der Waals surface area (Å²) in [4.78, 5) is 13.6. The molecule has 1 aromatic rings. The van der Waals surface area contributed by atoms with Gasteiger partial charge in [0.2, 0.25) is 0 Å². The van der Waals surface area contributed by atoms with Crippen molar-refractivity contribution in [3.05, 3.63) is 5.56 Å². The van der Waals surface area contributed by atoms with Crippen molar-refractivity contribution < 1.29 is 9.53 Å². The van der Waals surface area contributed by atoms with Crippen molar-refractivity contribution in [3.8, 4) is 0 Å². The van der Waals surface area contributed by atoms with E-state index >= 15 is 0 Å². The Morgan fingerprint density at radius 3 is 3.00 bits per heavy atom. The van der Waals surface area contributed by atoms with E-state index in [1.807, 2.05) is 6.92 Å². The second-order valence-electron chi connectivity index (χ2n) is 3.95. The molecule has 1 saturated heterocycles. The van der Waals surface area contributed by atoms with Gasteiger partial charge in [-0.2, -0.15) is 4.37 Å². The molecule has 0 aliphatic carbocycles. The van der Waals surface area contributed by atoms with Gasteiger partial charge in [0.15, 0.2) is 0 Å². The van der Waals surface area contributed by atoms with Crippen LogP contribution < -0.4 is 10.6 Å². The molecule has 1 atom stereocenters. The van der Waals surface area contributed by atoms with Crippen molar-refractivity contribution in [2.24, 2.45) is 5.92 Å². The normalized spacial score (nSPS) is 20.1. The van der Waals surface area contributed by atoms with Crippen molar-refractivity contribution in [1.29, 1.82) is 0 Å². The van der Waals surface area contributed by atoms with Gasteiger partial charge < -0.3 is 15.4 Å². The van der Waals surface area contributed by atoms with Crippen molar-refractivity contribution in [1.82, 2.24) is 4.37 Å². The molecule has 2 heterocycles. The van der Waals surface area contributed by atoms with Crippen LogP contribution in [0.2, 0.25) is 0 Å². The van der Waals surface area contributed by atoms with Crippen LogP contribution in [-0.4, -0.2) is 30.5 Å². The first-order chi connectivity index (χ1) is 7.63. The number of esters is 1. The van der Waals surface area contributed by atoms with Gasteiger partial charge in [-0.1, -0.05) is 0 Å². The number of nitrogen functional groups attached to an aromatic ring is 1. The maximum absolute atomic E-state index is 11.4. The fourth-order valence-electron chi connectivity index (χ4n) is 1.94. The molecule has 1 aliphatic heterocycles. The maximum atomic E-state index is 11.4. The Morgan fingerprint density at radius 2 is 2.44 bits per heavy atom. The lowest BCUT2D eigenvalue weighted by Gasteiger charge is -2.16. The van der Waals surface area contributed by atoms with Gasteiger partial charge >= 0.3 is 5.97 Å². The fraction of sp³-hybridized carbons (Fsp3) is 0.600. The minimum absolute atomic E-state index is 0.0206. The molecule has 88 valence electrons. The maximum Gasteiger partial charge on any atom is 0.310 e. The second kappa shape index (κ2) is 4.29. The minimum Gasteiger partial charge on any atom is -0.469 e. The molecule has 0 radical (unpaired) electrons. The molecular formula is C10H15N3O2S. The van der Waals surface area contributed by atoms with Gasteiger partial charge in [-0.05, 0) is 24.9 Å². The van der Waals surface area contributed by atoms with E-state index in [1.54, 1.807) is 0 Å². The zero-order chi connectivity index (χ0) is 11.7. The van der Waals surface area contributed by atoms with Crippen LogP contribution in [0.25, 0.3) is 0 Å². The van der Waals surface area contributed by atoms with Gasteiger partial charge in [0, 0.05) is 18.7 Å². The first kappa shape index (κ1) is 11.2. The smallest absolute Gasteiger partial charge is 0.310 e. The zero-order valence-electron chi connectivity index (χ0n) is 9.40. The highest BCUT2D eigenvalue weighted by Gasteiger charge is 2.30. The van der Waals surface area contributed by atoms with E-state index in [4.69, 9.17) is 10.5 Å². The number of methoxy groups -OCH3 is 1. The molecule has 1 aromatic heterocycles. The number of anilines is 2. The van der Waals surface area contributed by atoms with Crippen LogP contribution in [0.3, 0.4) is 0 Å². The van der Waals surface area contributed by atoms with Crippen LogP contribution in [0, 0.1) is 12.8 Å². The number of rotatable bonds is 2. The van der Waals surface area contributed by atoms with E-state index in [0.717, 1.165) is 23.5 Å². The lowest BCUT2D eigenvalue weighted by Crippen LogP contribution is -2.23. The molecular weight excluding hydrogens is 226 g/mol. The summed E-state index contributed by atoms with van der Waals surface area (Å²) in [5.41, 5.74) is 6.72. The molecule has 0 bridgehead atoms. The van der Waals surface area contributed by atoms with E-state index in [-0.39, 0.29) is 11.9 Å². The lowest BCUT2D eigenvalue weighted by atomic mass is 10.1. The van der Waals surface area contributed by atoms with Crippen LogP contribution in [0.1, 0.15) is 12.0 Å². The first-order valence-corrected chi connectivity index (χ1v) is 5.95. The SMILES string of the molecule is COC(=O)C1CCN(c2snc(N)c2C)C1. The van der Waals surface area contributed by atoms with E-state index in [0.29, 0.717) is 12.4 Å². The van der Waals surface area contributed by atoms with Crippen LogP contribution >= 0.6 is 11.5 Å². The molecule has 1 aliphatic rings. The highest BCUT2D eigenvalue weighted by Crippen LogP contribution is 2.33. The Kier molecular flexibility index (Phi) is 3.00. The van der Waals surface area contributed by atoms with E-state index in [1.165, 1.54) is 18.6 Å². The summed E-state index contributed by atoms with van der Waals surface area (Å²) in [5.74, 6) is 0.437. The molecule has 1 unspecified atom stereocenters. The standard InChI is InChI=1S/C10H15N3O2S/c1-6-8(11)12-16-9(6)13-4-3-7(5-13)10(14)15-2/h7H,3-5H2,1-2H3,(H2,11,12). The number of carbonyl (C=O) groups excluding carboxylic acids is 1. The van der Waals surface area contributed by atoms with E-state index < -0.39 is 0 Å². The first-order valence-electron chi connectivity index (χ1n) is 5.18. The fourth-order valence-corrected chi connectivity index (χ4v) is 2.78. The number of nitrogens with two attached hydrogens (primary N) is 1. The third-order valence-electron chi connectivity index (χ3n) is 2.95. The Hall–Kier alpha value is -1.30. The highest BCUT2D eigenvalue weighted by molar-refractivity contribution is 7.10. The van der Waals surface area contributed by atoms with Crippen molar-refractivity contribution in [2.75, 3.05) is 30.8 Å². The number of aromatic nitrogens is 1. The van der Waals surface area contributed by atoms with Gasteiger partial charge in [0.05, 0.1) is 13.0 Å². The molecule has 5 nitrogen and oxygen atoms in total. The van der Waals surface area contributed by atoms with Crippen molar-refractivity contribution in [3.63, 3.8) is 0 Å².